The van der Waals surface area contributed by atoms with Crippen molar-refractivity contribution in [2.45, 2.75) is 12.5 Å². The van der Waals surface area contributed by atoms with Gasteiger partial charge in [-0.05, 0) is 55.9 Å². The Kier molecular flexibility index (Phi) is 6.35. The highest BCUT2D eigenvalue weighted by Crippen LogP contribution is 2.35. The van der Waals surface area contributed by atoms with Gasteiger partial charge >= 0.3 is 0 Å². The molecule has 0 saturated carbocycles. The average molecular weight is 408 g/mol. The first-order valence-corrected chi connectivity index (χ1v) is 10.4. The zero-order chi connectivity index (χ0) is 20.9. The maximum Gasteiger partial charge on any atom is 0.121 e. The summed E-state index contributed by atoms with van der Waals surface area (Å²) in [6, 6.07) is 16.4. The normalized spacial score (nSPS) is 16.2. The zero-order valence-electron chi connectivity index (χ0n) is 17.9. The van der Waals surface area contributed by atoms with Crippen molar-refractivity contribution < 1.29 is 14.2 Å². The second-order valence-corrected chi connectivity index (χ2v) is 7.48. The number of fused-ring (bicyclic) bond motifs is 1. The molecule has 1 unspecified atom stereocenters. The predicted octanol–water partition coefficient (Wildman–Crippen LogP) is 3.73. The number of nitrogens with one attached hydrogen (secondary N) is 1. The molecule has 0 spiro atoms. The van der Waals surface area contributed by atoms with Crippen molar-refractivity contribution in [3.05, 3.63) is 48.5 Å². The topological polar surface area (TPSA) is 55.9 Å². The molecule has 0 aliphatic carbocycles. The number of hydrogen-bond acceptors (Lipinski definition) is 6. The van der Waals surface area contributed by atoms with Gasteiger partial charge in [0, 0.05) is 49.4 Å². The van der Waals surface area contributed by atoms with Crippen LogP contribution in [0.5, 0.6) is 11.5 Å². The number of hydrogen-bond donors (Lipinski definition) is 1. The van der Waals surface area contributed by atoms with Crippen LogP contribution in [0.3, 0.4) is 0 Å². The van der Waals surface area contributed by atoms with Crippen molar-refractivity contribution >= 4 is 16.6 Å². The molecule has 1 N–H and O–H groups in total. The molecule has 2 aromatic carbocycles. The van der Waals surface area contributed by atoms with E-state index in [4.69, 9.17) is 19.2 Å². The molecule has 1 saturated heterocycles. The number of aromatic nitrogens is 1. The lowest BCUT2D eigenvalue weighted by Gasteiger charge is -2.21. The summed E-state index contributed by atoms with van der Waals surface area (Å²) < 4.78 is 16.8. The SMILES string of the molecule is CNCCOc1ccc(-c2cc(N3CCC(OC)C3)c3ccc(OC)cc3n2)cc1. The van der Waals surface area contributed by atoms with Gasteiger partial charge in [-0.3, -0.25) is 0 Å². The van der Waals surface area contributed by atoms with Gasteiger partial charge in [-0.1, -0.05) is 0 Å². The van der Waals surface area contributed by atoms with Gasteiger partial charge in [0.05, 0.1) is 24.4 Å². The monoisotopic (exact) mass is 407 g/mol. The Morgan fingerprint density at radius 1 is 1.07 bits per heavy atom. The summed E-state index contributed by atoms with van der Waals surface area (Å²) >= 11 is 0. The van der Waals surface area contributed by atoms with Gasteiger partial charge in [-0.15, -0.1) is 0 Å². The second-order valence-electron chi connectivity index (χ2n) is 7.48. The summed E-state index contributed by atoms with van der Waals surface area (Å²) in [5, 5.41) is 4.21. The lowest BCUT2D eigenvalue weighted by molar-refractivity contribution is 0.121. The van der Waals surface area contributed by atoms with E-state index in [1.807, 2.05) is 31.3 Å². The maximum atomic E-state index is 5.75. The summed E-state index contributed by atoms with van der Waals surface area (Å²) in [4.78, 5) is 7.33. The molecule has 30 heavy (non-hydrogen) atoms. The van der Waals surface area contributed by atoms with E-state index < -0.39 is 0 Å². The van der Waals surface area contributed by atoms with Gasteiger partial charge in [-0.2, -0.15) is 0 Å². The van der Waals surface area contributed by atoms with E-state index in [-0.39, 0.29) is 6.10 Å². The first-order chi connectivity index (χ1) is 14.7. The Morgan fingerprint density at radius 3 is 2.57 bits per heavy atom. The lowest BCUT2D eigenvalue weighted by Crippen LogP contribution is -2.22. The third-order valence-electron chi connectivity index (χ3n) is 5.59. The number of methoxy groups -OCH3 is 2. The minimum absolute atomic E-state index is 0.268. The smallest absolute Gasteiger partial charge is 0.121 e. The van der Waals surface area contributed by atoms with E-state index in [1.165, 1.54) is 5.69 Å². The number of nitrogens with zero attached hydrogens (tertiary/aromatic N) is 2. The maximum absolute atomic E-state index is 5.75. The van der Waals surface area contributed by atoms with Crippen LogP contribution in [0.15, 0.2) is 48.5 Å². The molecule has 0 radical (unpaired) electrons. The summed E-state index contributed by atoms with van der Waals surface area (Å²) in [6.45, 7) is 3.32. The minimum atomic E-state index is 0.268. The molecule has 1 aliphatic rings. The Bertz CT molecular complexity index is 991. The van der Waals surface area contributed by atoms with Crippen LogP contribution in [-0.2, 0) is 4.74 Å². The summed E-state index contributed by atoms with van der Waals surface area (Å²) in [6.07, 6.45) is 1.30. The largest absolute Gasteiger partial charge is 0.497 e. The van der Waals surface area contributed by atoms with Gasteiger partial charge in [0.2, 0.25) is 0 Å². The molecule has 6 nitrogen and oxygen atoms in total. The number of rotatable bonds is 8. The predicted molar refractivity (Wildman–Crippen MR) is 121 cm³/mol. The van der Waals surface area contributed by atoms with Crippen LogP contribution in [0.2, 0.25) is 0 Å². The van der Waals surface area contributed by atoms with E-state index >= 15 is 0 Å². The van der Waals surface area contributed by atoms with E-state index in [1.54, 1.807) is 14.2 Å². The van der Waals surface area contributed by atoms with E-state index in [9.17, 15) is 0 Å². The van der Waals surface area contributed by atoms with E-state index in [0.29, 0.717) is 6.61 Å². The van der Waals surface area contributed by atoms with E-state index in [2.05, 4.69) is 34.5 Å². The number of benzene rings is 2. The van der Waals surface area contributed by atoms with Gasteiger partial charge in [0.25, 0.3) is 0 Å². The van der Waals surface area contributed by atoms with Crippen molar-refractivity contribution in [2.24, 2.45) is 0 Å². The standard InChI is InChI=1S/C24H29N3O3/c1-25-11-13-30-18-6-4-17(5-7-18)22-15-24(27-12-10-20(16-27)29-3)21-9-8-19(28-2)14-23(21)26-22/h4-9,14-15,20,25H,10-13,16H2,1-3H3. The van der Waals surface area contributed by atoms with E-state index in [0.717, 1.165) is 59.7 Å². The molecule has 4 rings (SSSR count). The molecular weight excluding hydrogens is 378 g/mol. The molecule has 1 atom stereocenters. The first kappa shape index (κ1) is 20.4. The van der Waals surface area contributed by atoms with Crippen LogP contribution in [0.25, 0.3) is 22.2 Å². The van der Waals surface area contributed by atoms with Gasteiger partial charge < -0.3 is 24.4 Å². The van der Waals surface area contributed by atoms with Crippen LogP contribution in [0, 0.1) is 0 Å². The Labute approximate surface area is 177 Å². The van der Waals surface area contributed by atoms with Crippen LogP contribution in [0.1, 0.15) is 6.42 Å². The number of ether oxygens (including phenoxy) is 3. The number of pyridine rings is 1. The molecule has 1 aliphatic heterocycles. The molecule has 2 heterocycles. The first-order valence-electron chi connectivity index (χ1n) is 10.4. The number of anilines is 1. The highest BCUT2D eigenvalue weighted by molar-refractivity contribution is 5.95. The highest BCUT2D eigenvalue weighted by atomic mass is 16.5. The van der Waals surface area contributed by atoms with Crippen molar-refractivity contribution in [3.63, 3.8) is 0 Å². The highest BCUT2D eigenvalue weighted by Gasteiger charge is 2.24. The molecule has 6 heteroatoms. The van der Waals surface area contributed by atoms with Crippen molar-refractivity contribution in [3.8, 4) is 22.8 Å². The third kappa shape index (κ3) is 4.35. The van der Waals surface area contributed by atoms with Crippen molar-refractivity contribution in [1.29, 1.82) is 0 Å². The van der Waals surface area contributed by atoms with Crippen LogP contribution >= 0.6 is 0 Å². The molecule has 3 aromatic rings. The Hall–Kier alpha value is -2.83. The fourth-order valence-electron chi connectivity index (χ4n) is 3.86. The summed E-state index contributed by atoms with van der Waals surface area (Å²) in [5.41, 5.74) is 4.11. The quantitative estimate of drug-likeness (QED) is 0.574. The fourth-order valence-corrected chi connectivity index (χ4v) is 3.86. The fraction of sp³-hybridized carbons (Fsp3) is 0.375. The molecule has 0 bridgehead atoms. The van der Waals surface area contributed by atoms with Crippen LogP contribution in [0.4, 0.5) is 5.69 Å². The van der Waals surface area contributed by atoms with Crippen LogP contribution < -0.4 is 19.7 Å². The van der Waals surface area contributed by atoms with Gasteiger partial charge in [0.1, 0.15) is 18.1 Å². The number of likely N-dealkylation sites (N-methyl/N-ethyl adjacent to an activating group) is 1. The minimum Gasteiger partial charge on any atom is -0.497 e. The molecular formula is C24H29N3O3. The average Bonchev–Trinajstić information content (AvgIpc) is 3.28. The Balaban J connectivity index is 1.70. The van der Waals surface area contributed by atoms with Gasteiger partial charge in [-0.25, -0.2) is 4.98 Å². The Morgan fingerprint density at radius 2 is 1.87 bits per heavy atom. The second kappa shape index (κ2) is 9.32. The third-order valence-corrected chi connectivity index (χ3v) is 5.59. The molecule has 158 valence electrons. The van der Waals surface area contributed by atoms with Gasteiger partial charge in [0.15, 0.2) is 0 Å². The lowest BCUT2D eigenvalue weighted by atomic mass is 10.1. The van der Waals surface area contributed by atoms with Crippen molar-refractivity contribution in [2.75, 3.05) is 52.4 Å². The van der Waals surface area contributed by atoms with Crippen LogP contribution in [-0.4, -0.2) is 58.6 Å². The summed E-state index contributed by atoms with van der Waals surface area (Å²) in [7, 11) is 5.39. The molecule has 1 fully saturated rings. The van der Waals surface area contributed by atoms with Crippen molar-refractivity contribution in [1.82, 2.24) is 10.3 Å². The summed E-state index contributed by atoms with van der Waals surface area (Å²) in [5.74, 6) is 1.67. The molecule has 0 amide bonds. The molecule has 1 aromatic heterocycles. The zero-order valence-corrected chi connectivity index (χ0v) is 17.9.